The summed E-state index contributed by atoms with van der Waals surface area (Å²) in [5.41, 5.74) is 0. The minimum Gasteiger partial charge on any atom is -0.491 e. The summed E-state index contributed by atoms with van der Waals surface area (Å²) in [5.74, 6) is 2.70. The van der Waals surface area contributed by atoms with E-state index in [4.69, 9.17) is 16.3 Å². The van der Waals surface area contributed by atoms with E-state index in [0.717, 1.165) is 35.4 Å². The summed E-state index contributed by atoms with van der Waals surface area (Å²) in [6.45, 7) is 1.65. The highest BCUT2D eigenvalue weighted by molar-refractivity contribution is 7.99. The number of thioether (sulfide) groups is 1. The van der Waals surface area contributed by atoms with Crippen LogP contribution in [0.4, 0.5) is 0 Å². The molecule has 1 aromatic carbocycles. The number of halogens is 1. The molecule has 0 aliphatic carbocycles. The quantitative estimate of drug-likeness (QED) is 0.619. The van der Waals surface area contributed by atoms with E-state index in [1.54, 1.807) is 11.8 Å². The Kier molecular flexibility index (Phi) is 5.04. The Labute approximate surface area is 133 Å². The Morgan fingerprint density at radius 1 is 1.19 bits per heavy atom. The van der Waals surface area contributed by atoms with Crippen LogP contribution in [-0.4, -0.2) is 27.1 Å². The molecular formula is C15H18ClN3OS. The van der Waals surface area contributed by atoms with Gasteiger partial charge in [-0.2, -0.15) is 0 Å². The standard InChI is InChI=1S/C15H18ClN3OS/c16-12-6-3-4-7-13(12)20-10-11-21-15-18-17-14-8-2-1-5-9-19(14)15/h3-4,6-7H,1-2,5,8-11H2. The van der Waals surface area contributed by atoms with Gasteiger partial charge in [0.2, 0.25) is 0 Å². The molecule has 0 atom stereocenters. The van der Waals surface area contributed by atoms with Gasteiger partial charge in [0.25, 0.3) is 0 Å². The fourth-order valence-corrected chi connectivity index (χ4v) is 3.40. The van der Waals surface area contributed by atoms with Gasteiger partial charge < -0.3 is 9.30 Å². The Morgan fingerprint density at radius 3 is 3.00 bits per heavy atom. The van der Waals surface area contributed by atoms with Crippen molar-refractivity contribution in [3.8, 4) is 5.75 Å². The second kappa shape index (κ2) is 7.18. The lowest BCUT2D eigenvalue weighted by atomic mass is 10.2. The maximum absolute atomic E-state index is 6.06. The number of ether oxygens (including phenoxy) is 1. The molecule has 21 heavy (non-hydrogen) atoms. The third-order valence-corrected chi connectivity index (χ3v) is 4.73. The zero-order chi connectivity index (χ0) is 14.5. The first-order valence-electron chi connectivity index (χ1n) is 7.27. The van der Waals surface area contributed by atoms with Gasteiger partial charge in [-0.1, -0.05) is 41.9 Å². The van der Waals surface area contributed by atoms with Crippen LogP contribution >= 0.6 is 23.4 Å². The molecule has 2 aromatic rings. The van der Waals surface area contributed by atoms with Gasteiger partial charge in [0.05, 0.1) is 11.6 Å². The predicted octanol–water partition coefficient (Wildman–Crippen LogP) is 3.83. The van der Waals surface area contributed by atoms with Gasteiger partial charge in [0.1, 0.15) is 11.6 Å². The monoisotopic (exact) mass is 323 g/mol. The molecule has 0 saturated heterocycles. The van der Waals surface area contributed by atoms with Crippen LogP contribution in [0.1, 0.15) is 25.1 Å². The van der Waals surface area contributed by atoms with Crippen LogP contribution in [0.5, 0.6) is 5.75 Å². The molecule has 1 aliphatic rings. The fraction of sp³-hybridized carbons (Fsp3) is 0.467. The van der Waals surface area contributed by atoms with Crippen molar-refractivity contribution in [1.29, 1.82) is 0 Å². The molecule has 0 amide bonds. The van der Waals surface area contributed by atoms with Gasteiger partial charge >= 0.3 is 0 Å². The molecule has 2 heterocycles. The largest absolute Gasteiger partial charge is 0.491 e. The number of aryl methyl sites for hydroxylation is 1. The molecular weight excluding hydrogens is 306 g/mol. The summed E-state index contributed by atoms with van der Waals surface area (Å²) < 4.78 is 7.95. The van der Waals surface area contributed by atoms with Crippen molar-refractivity contribution in [2.24, 2.45) is 0 Å². The minimum absolute atomic E-state index is 0.608. The average Bonchev–Trinajstić information content (AvgIpc) is 2.73. The van der Waals surface area contributed by atoms with E-state index in [1.807, 2.05) is 24.3 Å². The van der Waals surface area contributed by atoms with Crippen molar-refractivity contribution < 1.29 is 4.74 Å². The zero-order valence-corrected chi connectivity index (χ0v) is 13.4. The van der Waals surface area contributed by atoms with Crippen LogP contribution in [0.2, 0.25) is 5.02 Å². The molecule has 0 radical (unpaired) electrons. The Hall–Kier alpha value is -1.20. The molecule has 1 aromatic heterocycles. The maximum Gasteiger partial charge on any atom is 0.191 e. The summed E-state index contributed by atoms with van der Waals surface area (Å²) in [7, 11) is 0. The summed E-state index contributed by atoms with van der Waals surface area (Å²) in [6, 6.07) is 7.54. The molecule has 112 valence electrons. The normalized spacial score (nSPS) is 14.5. The van der Waals surface area contributed by atoms with Gasteiger partial charge in [0, 0.05) is 18.7 Å². The molecule has 3 rings (SSSR count). The van der Waals surface area contributed by atoms with E-state index in [0.29, 0.717) is 11.6 Å². The molecule has 0 bridgehead atoms. The minimum atomic E-state index is 0.608. The molecule has 0 N–H and O–H groups in total. The van der Waals surface area contributed by atoms with Crippen molar-refractivity contribution in [1.82, 2.24) is 14.8 Å². The summed E-state index contributed by atoms with van der Waals surface area (Å²) in [6.07, 6.45) is 4.76. The molecule has 0 fully saturated rings. The molecule has 6 heteroatoms. The Balaban J connectivity index is 1.52. The van der Waals surface area contributed by atoms with Crippen LogP contribution in [0.25, 0.3) is 0 Å². The number of para-hydroxylation sites is 1. The van der Waals surface area contributed by atoms with E-state index >= 15 is 0 Å². The lowest BCUT2D eigenvalue weighted by Gasteiger charge is -2.08. The van der Waals surface area contributed by atoms with Crippen molar-refractivity contribution in [3.05, 3.63) is 35.1 Å². The molecule has 4 nitrogen and oxygen atoms in total. The number of nitrogens with zero attached hydrogens (tertiary/aromatic N) is 3. The first-order chi connectivity index (χ1) is 10.3. The number of fused-ring (bicyclic) bond motifs is 1. The number of aromatic nitrogens is 3. The molecule has 0 saturated carbocycles. The Bertz CT molecular complexity index is 602. The third-order valence-electron chi connectivity index (χ3n) is 3.48. The highest BCUT2D eigenvalue weighted by Crippen LogP contribution is 2.24. The third kappa shape index (κ3) is 3.71. The highest BCUT2D eigenvalue weighted by atomic mass is 35.5. The van der Waals surface area contributed by atoms with Crippen LogP contribution in [0.15, 0.2) is 29.4 Å². The summed E-state index contributed by atoms with van der Waals surface area (Å²) in [4.78, 5) is 0. The van der Waals surface area contributed by atoms with Gasteiger partial charge in [-0.25, -0.2) is 0 Å². The number of benzene rings is 1. The van der Waals surface area contributed by atoms with E-state index in [-0.39, 0.29) is 0 Å². The maximum atomic E-state index is 6.06. The van der Waals surface area contributed by atoms with E-state index in [9.17, 15) is 0 Å². The van der Waals surface area contributed by atoms with Crippen LogP contribution in [0.3, 0.4) is 0 Å². The van der Waals surface area contributed by atoms with Gasteiger partial charge in [-0.05, 0) is 25.0 Å². The molecule has 0 unspecified atom stereocenters. The zero-order valence-electron chi connectivity index (χ0n) is 11.8. The number of hydrogen-bond donors (Lipinski definition) is 0. The highest BCUT2D eigenvalue weighted by Gasteiger charge is 2.14. The SMILES string of the molecule is Clc1ccccc1OCCSc1nnc2n1CCCCC2. The first-order valence-corrected chi connectivity index (χ1v) is 8.63. The lowest BCUT2D eigenvalue weighted by molar-refractivity contribution is 0.344. The lowest BCUT2D eigenvalue weighted by Crippen LogP contribution is -2.05. The summed E-state index contributed by atoms with van der Waals surface area (Å²) >= 11 is 7.75. The molecule has 1 aliphatic heterocycles. The van der Waals surface area contributed by atoms with Crippen molar-refractivity contribution in [3.63, 3.8) is 0 Å². The van der Waals surface area contributed by atoms with E-state index in [2.05, 4.69) is 14.8 Å². The van der Waals surface area contributed by atoms with E-state index < -0.39 is 0 Å². The van der Waals surface area contributed by atoms with Gasteiger partial charge in [-0.15, -0.1) is 10.2 Å². The van der Waals surface area contributed by atoms with Crippen LogP contribution in [0, 0.1) is 0 Å². The predicted molar refractivity (Wildman–Crippen MR) is 85.2 cm³/mol. The van der Waals surface area contributed by atoms with Crippen LogP contribution < -0.4 is 4.74 Å². The summed E-state index contributed by atoms with van der Waals surface area (Å²) in [5, 5.41) is 10.3. The van der Waals surface area contributed by atoms with E-state index in [1.165, 1.54) is 19.3 Å². The smallest absolute Gasteiger partial charge is 0.191 e. The van der Waals surface area contributed by atoms with Gasteiger partial charge in [-0.3, -0.25) is 0 Å². The van der Waals surface area contributed by atoms with Crippen LogP contribution in [-0.2, 0) is 13.0 Å². The average molecular weight is 324 g/mol. The van der Waals surface area contributed by atoms with Crippen molar-refractivity contribution >= 4 is 23.4 Å². The van der Waals surface area contributed by atoms with Gasteiger partial charge in [0.15, 0.2) is 5.16 Å². The molecule has 0 spiro atoms. The second-order valence-corrected chi connectivity index (χ2v) is 6.46. The van der Waals surface area contributed by atoms with Crippen molar-refractivity contribution in [2.45, 2.75) is 37.4 Å². The fourth-order valence-electron chi connectivity index (χ4n) is 2.41. The first kappa shape index (κ1) is 14.7. The topological polar surface area (TPSA) is 39.9 Å². The second-order valence-electron chi connectivity index (χ2n) is 4.99. The van der Waals surface area contributed by atoms with Crippen molar-refractivity contribution in [2.75, 3.05) is 12.4 Å². The number of hydrogen-bond acceptors (Lipinski definition) is 4. The Morgan fingerprint density at radius 2 is 2.10 bits per heavy atom. The number of rotatable bonds is 5.